The molecule has 0 spiro atoms. The van der Waals surface area contributed by atoms with E-state index in [0.29, 0.717) is 18.7 Å². The third-order valence-corrected chi connectivity index (χ3v) is 7.96. The van der Waals surface area contributed by atoms with Crippen LogP contribution in [-0.2, 0) is 10.0 Å². The van der Waals surface area contributed by atoms with E-state index in [9.17, 15) is 13.2 Å². The van der Waals surface area contributed by atoms with Crippen LogP contribution in [0, 0.1) is 0 Å². The molecule has 2 heterocycles. The second-order valence-electron chi connectivity index (χ2n) is 7.99. The van der Waals surface area contributed by atoms with Crippen molar-refractivity contribution in [3.8, 4) is 5.75 Å². The van der Waals surface area contributed by atoms with Gasteiger partial charge in [0.1, 0.15) is 10.6 Å². The van der Waals surface area contributed by atoms with E-state index in [1.165, 1.54) is 30.3 Å². The van der Waals surface area contributed by atoms with Crippen LogP contribution >= 0.6 is 0 Å². The van der Waals surface area contributed by atoms with Crippen LogP contribution in [0.2, 0.25) is 0 Å². The quantitative estimate of drug-likeness (QED) is 0.778. The zero-order valence-corrected chi connectivity index (χ0v) is 17.2. The van der Waals surface area contributed by atoms with E-state index in [4.69, 9.17) is 4.74 Å². The Bertz CT molecular complexity index is 824. The minimum atomic E-state index is -3.66. The lowest BCUT2D eigenvalue weighted by atomic mass is 10.0. The zero-order chi connectivity index (χ0) is 19.7. The van der Waals surface area contributed by atoms with E-state index in [0.717, 1.165) is 44.8 Å². The Balaban J connectivity index is 1.47. The predicted octanol–water partition coefficient (Wildman–Crippen LogP) is 1.84. The molecule has 2 aliphatic heterocycles. The number of hydrogen-bond donors (Lipinski definition) is 1. The molecule has 154 valence electrons. The van der Waals surface area contributed by atoms with Gasteiger partial charge in [0.25, 0.3) is 5.91 Å². The van der Waals surface area contributed by atoms with Crippen molar-refractivity contribution in [3.63, 3.8) is 0 Å². The zero-order valence-electron chi connectivity index (χ0n) is 16.4. The Morgan fingerprint density at radius 2 is 1.75 bits per heavy atom. The Kier molecular flexibility index (Phi) is 5.62. The first-order chi connectivity index (χ1) is 13.5. The van der Waals surface area contributed by atoms with Gasteiger partial charge in [0.15, 0.2) is 0 Å². The summed E-state index contributed by atoms with van der Waals surface area (Å²) in [7, 11) is -2.21. The molecule has 3 aliphatic rings. The molecular weight excluding hydrogens is 378 g/mol. The van der Waals surface area contributed by atoms with Gasteiger partial charge in [0.05, 0.1) is 7.11 Å². The van der Waals surface area contributed by atoms with Crippen LogP contribution in [0.4, 0.5) is 0 Å². The molecule has 0 aromatic heterocycles. The third kappa shape index (κ3) is 4.04. The minimum Gasteiger partial charge on any atom is -0.495 e. The topological polar surface area (TPSA) is 79.0 Å². The highest BCUT2D eigenvalue weighted by molar-refractivity contribution is 7.89. The number of carbonyl (C=O) groups excluding carboxylic acids is 1. The summed E-state index contributed by atoms with van der Waals surface area (Å²) >= 11 is 0. The lowest BCUT2D eigenvalue weighted by Crippen LogP contribution is -2.45. The molecule has 1 amide bonds. The first-order valence-corrected chi connectivity index (χ1v) is 11.7. The van der Waals surface area contributed by atoms with E-state index in [-0.39, 0.29) is 22.6 Å². The summed E-state index contributed by atoms with van der Waals surface area (Å²) in [5.41, 5.74) is 0.364. The standard InChI is InChI=1S/C20H29N3O4S/c1-27-18-7-4-15(14-19(18)28(25,26)23-10-2-3-11-23)20(24)21-16-8-12-22(13-9-16)17-5-6-17/h4,7,14,16-17H,2-3,5-6,8-13H2,1H3,(H,21,24). The summed E-state index contributed by atoms with van der Waals surface area (Å²) in [6.45, 7) is 3.07. The highest BCUT2D eigenvalue weighted by Crippen LogP contribution is 2.31. The summed E-state index contributed by atoms with van der Waals surface area (Å²) in [5, 5.41) is 3.09. The lowest BCUT2D eigenvalue weighted by molar-refractivity contribution is 0.0909. The van der Waals surface area contributed by atoms with Gasteiger partial charge >= 0.3 is 0 Å². The van der Waals surface area contributed by atoms with Crippen LogP contribution in [0.15, 0.2) is 23.1 Å². The van der Waals surface area contributed by atoms with Crippen LogP contribution in [0.1, 0.15) is 48.9 Å². The molecule has 1 aromatic rings. The van der Waals surface area contributed by atoms with Crippen molar-refractivity contribution in [1.82, 2.24) is 14.5 Å². The average molecular weight is 408 g/mol. The highest BCUT2D eigenvalue weighted by Gasteiger charge is 2.33. The number of methoxy groups -OCH3 is 1. The van der Waals surface area contributed by atoms with Gasteiger partial charge in [-0.15, -0.1) is 0 Å². The van der Waals surface area contributed by atoms with Gasteiger partial charge in [0, 0.05) is 43.8 Å². The van der Waals surface area contributed by atoms with E-state index in [2.05, 4.69) is 10.2 Å². The van der Waals surface area contributed by atoms with Crippen molar-refractivity contribution in [2.24, 2.45) is 0 Å². The van der Waals surface area contributed by atoms with Crippen LogP contribution in [0.5, 0.6) is 5.75 Å². The number of ether oxygens (including phenoxy) is 1. The molecule has 2 saturated heterocycles. The van der Waals surface area contributed by atoms with Gasteiger partial charge < -0.3 is 15.0 Å². The van der Waals surface area contributed by atoms with Crippen LogP contribution < -0.4 is 10.1 Å². The minimum absolute atomic E-state index is 0.0769. The molecule has 0 unspecified atom stereocenters. The fourth-order valence-electron chi connectivity index (χ4n) is 4.20. The second-order valence-corrected chi connectivity index (χ2v) is 9.90. The number of hydrogen-bond acceptors (Lipinski definition) is 5. The Morgan fingerprint density at radius 3 is 2.36 bits per heavy atom. The van der Waals surface area contributed by atoms with Crippen LogP contribution in [0.25, 0.3) is 0 Å². The van der Waals surface area contributed by atoms with Crippen LogP contribution in [-0.4, -0.2) is 68.9 Å². The third-order valence-electron chi connectivity index (χ3n) is 6.04. The van der Waals surface area contributed by atoms with E-state index < -0.39 is 10.0 Å². The van der Waals surface area contributed by atoms with Crippen molar-refractivity contribution in [3.05, 3.63) is 23.8 Å². The molecule has 1 saturated carbocycles. The number of amides is 1. The summed E-state index contributed by atoms with van der Waals surface area (Å²) in [4.78, 5) is 15.4. The highest BCUT2D eigenvalue weighted by atomic mass is 32.2. The molecule has 28 heavy (non-hydrogen) atoms. The number of benzene rings is 1. The van der Waals surface area contributed by atoms with Gasteiger partial charge in [-0.05, 0) is 56.7 Å². The number of piperidine rings is 1. The smallest absolute Gasteiger partial charge is 0.251 e. The average Bonchev–Trinajstić information content (AvgIpc) is 3.40. The summed E-state index contributed by atoms with van der Waals surface area (Å²) in [6, 6.07) is 5.57. The van der Waals surface area contributed by atoms with Gasteiger partial charge in [-0.2, -0.15) is 4.31 Å². The van der Waals surface area contributed by atoms with Crippen molar-refractivity contribution >= 4 is 15.9 Å². The molecule has 0 atom stereocenters. The SMILES string of the molecule is COc1ccc(C(=O)NC2CCN(C3CC3)CC2)cc1S(=O)(=O)N1CCCC1. The predicted molar refractivity (Wildman–Crippen MR) is 106 cm³/mol. The molecule has 0 radical (unpaired) electrons. The first-order valence-electron chi connectivity index (χ1n) is 10.2. The van der Waals surface area contributed by atoms with Crippen molar-refractivity contribution in [1.29, 1.82) is 0 Å². The van der Waals surface area contributed by atoms with Gasteiger partial charge in [-0.25, -0.2) is 8.42 Å². The molecule has 0 bridgehead atoms. The first kappa shape index (κ1) is 19.7. The summed E-state index contributed by atoms with van der Waals surface area (Å²) < 4.78 is 32.7. The molecule has 8 heteroatoms. The Hall–Kier alpha value is -1.64. The normalized spacial score (nSPS) is 22.3. The number of nitrogens with one attached hydrogen (secondary N) is 1. The van der Waals surface area contributed by atoms with E-state index in [1.807, 2.05) is 0 Å². The van der Waals surface area contributed by atoms with Gasteiger partial charge in [0.2, 0.25) is 10.0 Å². The monoisotopic (exact) mass is 407 g/mol. The lowest BCUT2D eigenvalue weighted by Gasteiger charge is -2.32. The van der Waals surface area contributed by atoms with Crippen molar-refractivity contribution in [2.45, 2.75) is 55.5 Å². The number of carbonyl (C=O) groups is 1. The fourth-order valence-corrected chi connectivity index (χ4v) is 5.90. The largest absolute Gasteiger partial charge is 0.495 e. The fraction of sp³-hybridized carbons (Fsp3) is 0.650. The van der Waals surface area contributed by atoms with Crippen LogP contribution in [0.3, 0.4) is 0 Å². The number of likely N-dealkylation sites (tertiary alicyclic amines) is 1. The maximum Gasteiger partial charge on any atom is 0.251 e. The number of nitrogens with zero attached hydrogens (tertiary/aromatic N) is 2. The molecule has 1 aliphatic carbocycles. The number of sulfonamides is 1. The molecule has 4 rings (SSSR count). The van der Waals surface area contributed by atoms with E-state index in [1.54, 1.807) is 12.1 Å². The molecule has 7 nitrogen and oxygen atoms in total. The second kappa shape index (κ2) is 8.00. The molecule has 1 aromatic carbocycles. The Labute approximate surface area is 167 Å². The molecule has 3 fully saturated rings. The van der Waals surface area contributed by atoms with Crippen molar-refractivity contribution in [2.75, 3.05) is 33.3 Å². The van der Waals surface area contributed by atoms with Gasteiger partial charge in [-0.1, -0.05) is 0 Å². The summed E-state index contributed by atoms with van der Waals surface area (Å²) in [6.07, 6.45) is 6.21. The number of rotatable bonds is 6. The molecule has 1 N–H and O–H groups in total. The molecular formula is C20H29N3O4S. The Morgan fingerprint density at radius 1 is 1.07 bits per heavy atom. The maximum absolute atomic E-state index is 13.0. The van der Waals surface area contributed by atoms with E-state index >= 15 is 0 Å². The maximum atomic E-state index is 13.0. The summed E-state index contributed by atoms with van der Waals surface area (Å²) in [5.74, 6) is 0.0617. The van der Waals surface area contributed by atoms with Crippen molar-refractivity contribution < 1.29 is 17.9 Å². The van der Waals surface area contributed by atoms with Gasteiger partial charge in [-0.3, -0.25) is 4.79 Å².